The largest absolute Gasteiger partial charge is 0.350 e. The quantitative estimate of drug-likeness (QED) is 0.570. The van der Waals surface area contributed by atoms with Crippen LogP contribution in [-0.4, -0.2) is 10.5 Å². The molecule has 1 N–H and O–H groups in total. The highest BCUT2D eigenvalue weighted by Crippen LogP contribution is 2.23. The molecule has 0 fully saturated rings. The number of rotatable bonds is 3. The first-order valence-corrected chi connectivity index (χ1v) is 7.69. The van der Waals surface area contributed by atoms with Crippen molar-refractivity contribution in [3.05, 3.63) is 70.9 Å². The van der Waals surface area contributed by atoms with Gasteiger partial charge in [-0.3, -0.25) is 4.79 Å². The van der Waals surface area contributed by atoms with Crippen LogP contribution in [0.4, 0.5) is 5.69 Å². The number of fused-ring (bicyclic) bond motifs is 1. The molecule has 118 valence electrons. The van der Waals surface area contributed by atoms with Gasteiger partial charge < -0.3 is 9.88 Å². The summed E-state index contributed by atoms with van der Waals surface area (Å²) in [5.41, 5.74) is 2.50. The van der Waals surface area contributed by atoms with Crippen molar-refractivity contribution in [2.24, 2.45) is 7.05 Å². The number of carbonyl (C=O) groups excluding carboxylic acids is 1. The number of nitrogens with zero attached hydrogens (tertiary/aromatic N) is 2. The molecule has 1 aromatic heterocycles. The average molecular weight is 336 g/mol. The number of benzene rings is 2. The Hall–Kier alpha value is -3.03. The first kappa shape index (κ1) is 15.9. The highest BCUT2D eigenvalue weighted by molar-refractivity contribution is 6.30. The molecular weight excluding hydrogens is 322 g/mol. The summed E-state index contributed by atoms with van der Waals surface area (Å²) in [6.07, 6.45) is 3.51. The number of para-hydroxylation sites is 1. The minimum atomic E-state index is -0.451. The first-order valence-electron chi connectivity index (χ1n) is 7.31. The van der Waals surface area contributed by atoms with Crippen LogP contribution in [0.1, 0.15) is 5.56 Å². The molecular formula is C19H14ClN3O. The molecule has 3 rings (SSSR count). The number of hydrogen-bond donors (Lipinski definition) is 1. The van der Waals surface area contributed by atoms with Gasteiger partial charge in [0.15, 0.2) is 0 Å². The SMILES string of the molecule is Cn1cc(/C=C(\C#N)C(=O)Nc2ccc(Cl)cc2)c2ccccc21. The van der Waals surface area contributed by atoms with Crippen molar-refractivity contribution in [1.82, 2.24) is 4.57 Å². The Morgan fingerprint density at radius 3 is 2.62 bits per heavy atom. The summed E-state index contributed by atoms with van der Waals surface area (Å²) in [7, 11) is 1.93. The summed E-state index contributed by atoms with van der Waals surface area (Å²) >= 11 is 5.82. The summed E-state index contributed by atoms with van der Waals surface area (Å²) in [6, 6.07) is 16.5. The molecule has 0 saturated carbocycles. The van der Waals surface area contributed by atoms with Gasteiger partial charge in [0.25, 0.3) is 5.91 Å². The Balaban J connectivity index is 1.92. The fourth-order valence-electron chi connectivity index (χ4n) is 2.52. The van der Waals surface area contributed by atoms with Crippen LogP contribution in [0.3, 0.4) is 0 Å². The van der Waals surface area contributed by atoms with E-state index in [1.165, 1.54) is 0 Å². The van der Waals surface area contributed by atoms with Gasteiger partial charge in [-0.15, -0.1) is 0 Å². The van der Waals surface area contributed by atoms with E-state index < -0.39 is 5.91 Å². The van der Waals surface area contributed by atoms with Crippen LogP contribution in [-0.2, 0) is 11.8 Å². The third kappa shape index (κ3) is 3.17. The van der Waals surface area contributed by atoms with Gasteiger partial charge in [-0.2, -0.15) is 5.26 Å². The second-order valence-corrected chi connectivity index (χ2v) is 5.78. The van der Waals surface area contributed by atoms with Gasteiger partial charge in [-0.05, 0) is 36.4 Å². The van der Waals surface area contributed by atoms with Gasteiger partial charge in [0.2, 0.25) is 0 Å². The van der Waals surface area contributed by atoms with Crippen LogP contribution in [0.5, 0.6) is 0 Å². The Bertz CT molecular complexity index is 978. The van der Waals surface area contributed by atoms with Crippen LogP contribution in [0.2, 0.25) is 5.02 Å². The van der Waals surface area contributed by atoms with Crippen molar-refractivity contribution in [3.8, 4) is 6.07 Å². The van der Waals surface area contributed by atoms with E-state index in [2.05, 4.69) is 5.32 Å². The molecule has 0 bridgehead atoms. The van der Waals surface area contributed by atoms with Gasteiger partial charge >= 0.3 is 0 Å². The molecule has 0 atom stereocenters. The highest BCUT2D eigenvalue weighted by atomic mass is 35.5. The van der Waals surface area contributed by atoms with E-state index in [1.54, 1.807) is 30.3 Å². The van der Waals surface area contributed by atoms with E-state index in [0.29, 0.717) is 10.7 Å². The number of hydrogen-bond acceptors (Lipinski definition) is 2. The second kappa shape index (κ2) is 6.61. The van der Waals surface area contributed by atoms with Gasteiger partial charge in [-0.25, -0.2) is 0 Å². The van der Waals surface area contributed by atoms with Crippen molar-refractivity contribution in [1.29, 1.82) is 5.26 Å². The zero-order valence-electron chi connectivity index (χ0n) is 13.0. The molecule has 2 aromatic carbocycles. The van der Waals surface area contributed by atoms with E-state index in [0.717, 1.165) is 16.5 Å². The lowest BCUT2D eigenvalue weighted by Gasteiger charge is -2.04. The van der Waals surface area contributed by atoms with Crippen molar-refractivity contribution in [3.63, 3.8) is 0 Å². The van der Waals surface area contributed by atoms with Gasteiger partial charge in [-0.1, -0.05) is 29.8 Å². The molecule has 24 heavy (non-hydrogen) atoms. The van der Waals surface area contributed by atoms with E-state index in [9.17, 15) is 10.1 Å². The van der Waals surface area contributed by atoms with Crippen LogP contribution < -0.4 is 5.32 Å². The molecule has 0 unspecified atom stereocenters. The number of anilines is 1. The third-order valence-corrected chi connectivity index (χ3v) is 3.95. The van der Waals surface area contributed by atoms with Crippen molar-refractivity contribution < 1.29 is 4.79 Å². The number of amides is 1. The Morgan fingerprint density at radius 1 is 1.21 bits per heavy atom. The Kier molecular flexibility index (Phi) is 4.37. The fraction of sp³-hybridized carbons (Fsp3) is 0.0526. The minimum absolute atomic E-state index is 0.0429. The smallest absolute Gasteiger partial charge is 0.266 e. The lowest BCUT2D eigenvalue weighted by molar-refractivity contribution is -0.112. The van der Waals surface area contributed by atoms with Crippen molar-refractivity contribution >= 4 is 40.2 Å². The van der Waals surface area contributed by atoms with E-state index in [1.807, 2.05) is 48.1 Å². The van der Waals surface area contributed by atoms with Gasteiger partial charge in [0.1, 0.15) is 11.6 Å². The van der Waals surface area contributed by atoms with E-state index in [-0.39, 0.29) is 5.57 Å². The highest BCUT2D eigenvalue weighted by Gasteiger charge is 2.12. The fourth-order valence-corrected chi connectivity index (χ4v) is 2.65. The number of nitrogens with one attached hydrogen (secondary N) is 1. The predicted octanol–water partition coefficient (Wildman–Crippen LogP) is 4.38. The number of nitriles is 1. The third-order valence-electron chi connectivity index (χ3n) is 3.69. The van der Waals surface area contributed by atoms with Crippen molar-refractivity contribution in [2.75, 3.05) is 5.32 Å². The second-order valence-electron chi connectivity index (χ2n) is 5.34. The lowest BCUT2D eigenvalue weighted by Crippen LogP contribution is -2.13. The molecule has 4 nitrogen and oxygen atoms in total. The normalized spacial score (nSPS) is 11.3. The molecule has 0 aliphatic heterocycles. The zero-order valence-corrected chi connectivity index (χ0v) is 13.7. The van der Waals surface area contributed by atoms with E-state index in [4.69, 9.17) is 11.6 Å². The summed E-state index contributed by atoms with van der Waals surface area (Å²) in [4.78, 5) is 12.3. The molecule has 1 heterocycles. The maximum absolute atomic E-state index is 12.3. The van der Waals surface area contributed by atoms with Crippen molar-refractivity contribution in [2.45, 2.75) is 0 Å². The number of aryl methyl sites for hydroxylation is 1. The van der Waals surface area contributed by atoms with Gasteiger partial charge in [0, 0.05) is 40.4 Å². The van der Waals surface area contributed by atoms with Crippen LogP contribution in [0.25, 0.3) is 17.0 Å². The summed E-state index contributed by atoms with van der Waals surface area (Å²) in [5, 5.41) is 13.6. The maximum Gasteiger partial charge on any atom is 0.266 e. The lowest BCUT2D eigenvalue weighted by atomic mass is 10.1. The summed E-state index contributed by atoms with van der Waals surface area (Å²) in [5.74, 6) is -0.451. The number of carbonyl (C=O) groups is 1. The predicted molar refractivity (Wildman–Crippen MR) is 96.6 cm³/mol. The Labute approximate surface area is 144 Å². The molecule has 0 saturated heterocycles. The summed E-state index contributed by atoms with van der Waals surface area (Å²) < 4.78 is 1.97. The van der Waals surface area contributed by atoms with Crippen LogP contribution in [0.15, 0.2) is 60.3 Å². The van der Waals surface area contributed by atoms with Crippen LogP contribution in [0, 0.1) is 11.3 Å². The topological polar surface area (TPSA) is 57.8 Å². The maximum atomic E-state index is 12.3. The molecule has 0 aliphatic rings. The average Bonchev–Trinajstić information content (AvgIpc) is 2.91. The van der Waals surface area contributed by atoms with Crippen LogP contribution >= 0.6 is 11.6 Å². The molecule has 0 spiro atoms. The monoisotopic (exact) mass is 335 g/mol. The first-order chi connectivity index (χ1) is 11.6. The molecule has 5 heteroatoms. The number of aromatic nitrogens is 1. The standard InChI is InChI=1S/C19H14ClN3O/c1-23-12-14(17-4-2-3-5-18(17)23)10-13(11-21)19(24)22-16-8-6-15(20)7-9-16/h2-10,12H,1H3,(H,22,24)/b13-10+. The molecule has 3 aromatic rings. The zero-order chi connectivity index (χ0) is 17.1. The van der Waals surface area contributed by atoms with Gasteiger partial charge in [0.05, 0.1) is 0 Å². The molecule has 1 amide bonds. The Morgan fingerprint density at radius 2 is 1.92 bits per heavy atom. The molecule has 0 radical (unpaired) electrons. The molecule has 0 aliphatic carbocycles. The summed E-state index contributed by atoms with van der Waals surface area (Å²) in [6.45, 7) is 0. The van der Waals surface area contributed by atoms with E-state index >= 15 is 0 Å². The number of halogens is 1. The minimum Gasteiger partial charge on any atom is -0.350 e.